The van der Waals surface area contributed by atoms with Crippen molar-refractivity contribution in [2.24, 2.45) is 23.2 Å². The van der Waals surface area contributed by atoms with Crippen LogP contribution in [-0.4, -0.2) is 54.3 Å². The largest absolute Gasteiger partial charge is 0.303 e. The van der Waals surface area contributed by atoms with E-state index in [-0.39, 0.29) is 5.92 Å². The zero-order valence-electron chi connectivity index (χ0n) is 18.7. The summed E-state index contributed by atoms with van der Waals surface area (Å²) in [6.45, 7) is 12.6. The van der Waals surface area contributed by atoms with E-state index in [2.05, 4.69) is 44.5 Å². The van der Waals surface area contributed by atoms with Gasteiger partial charge in [-0.1, -0.05) is 27.7 Å². The molecule has 3 fully saturated rings. The maximum absolute atomic E-state index is 12.3. The van der Waals surface area contributed by atoms with Gasteiger partial charge in [-0.05, 0) is 95.8 Å². The number of carbonyl (C=O) groups excluding carboxylic acids is 1. The Labute approximate surface area is 168 Å². The summed E-state index contributed by atoms with van der Waals surface area (Å²) in [7, 11) is 2.33. The standard InChI is InChI=1S/C24H44N2O/c1-18(2)8-13-25(5)21-9-14-26(15-10-21)22-16-24(17-22)11-6-20(7-12-24)23(27)19(3)4/h18-22H,6-17H2,1-5H3. The van der Waals surface area contributed by atoms with Crippen LogP contribution in [0.2, 0.25) is 0 Å². The number of nitrogens with zero attached hydrogens (tertiary/aromatic N) is 2. The Hall–Kier alpha value is -0.410. The lowest BCUT2D eigenvalue weighted by molar-refractivity contribution is -0.129. The van der Waals surface area contributed by atoms with E-state index in [0.29, 0.717) is 17.1 Å². The van der Waals surface area contributed by atoms with Crippen LogP contribution < -0.4 is 0 Å². The highest BCUT2D eigenvalue weighted by atomic mass is 16.1. The molecule has 0 unspecified atom stereocenters. The molecular weight excluding hydrogens is 332 g/mol. The summed E-state index contributed by atoms with van der Waals surface area (Å²) in [5.41, 5.74) is 0.601. The zero-order chi connectivity index (χ0) is 19.6. The molecule has 0 amide bonds. The SMILES string of the molecule is CC(C)CCN(C)C1CCN(C2CC3(CCC(C(=O)C(C)C)CC3)C2)CC1. The van der Waals surface area contributed by atoms with Crippen molar-refractivity contribution in [1.82, 2.24) is 9.80 Å². The van der Waals surface area contributed by atoms with Crippen molar-refractivity contribution in [3.05, 3.63) is 0 Å². The Kier molecular flexibility index (Phi) is 7.06. The van der Waals surface area contributed by atoms with E-state index >= 15 is 0 Å². The molecule has 27 heavy (non-hydrogen) atoms. The van der Waals surface area contributed by atoms with Crippen molar-refractivity contribution >= 4 is 5.78 Å². The van der Waals surface area contributed by atoms with Crippen LogP contribution in [-0.2, 0) is 4.79 Å². The van der Waals surface area contributed by atoms with Crippen molar-refractivity contribution in [2.45, 2.75) is 97.6 Å². The molecule has 2 saturated carbocycles. The van der Waals surface area contributed by atoms with Gasteiger partial charge in [0.25, 0.3) is 0 Å². The number of Topliss-reactive ketones (excluding diaryl/α,β-unsaturated/α-hetero) is 1. The molecule has 3 heteroatoms. The predicted molar refractivity (Wildman–Crippen MR) is 114 cm³/mol. The molecule has 0 aromatic heterocycles. The molecule has 0 bridgehead atoms. The van der Waals surface area contributed by atoms with Gasteiger partial charge in [0, 0.05) is 23.9 Å². The maximum atomic E-state index is 12.3. The first-order valence-electron chi connectivity index (χ1n) is 11.8. The molecule has 2 aliphatic carbocycles. The molecule has 0 atom stereocenters. The van der Waals surface area contributed by atoms with E-state index in [0.717, 1.165) is 30.8 Å². The molecule has 3 rings (SSSR count). The minimum absolute atomic E-state index is 0.221. The molecule has 3 aliphatic rings. The number of hydrogen-bond acceptors (Lipinski definition) is 3. The summed E-state index contributed by atoms with van der Waals surface area (Å²) in [6.07, 6.45) is 11.8. The van der Waals surface area contributed by atoms with E-state index in [4.69, 9.17) is 0 Å². The van der Waals surface area contributed by atoms with Gasteiger partial charge in [-0.2, -0.15) is 0 Å². The lowest BCUT2D eigenvalue weighted by atomic mass is 9.56. The van der Waals surface area contributed by atoms with Crippen LogP contribution in [0.5, 0.6) is 0 Å². The fourth-order valence-electron chi connectivity index (χ4n) is 5.93. The molecule has 1 heterocycles. The Morgan fingerprint density at radius 3 is 2.15 bits per heavy atom. The number of hydrogen-bond donors (Lipinski definition) is 0. The number of rotatable bonds is 7. The van der Waals surface area contributed by atoms with Crippen LogP contribution in [0.25, 0.3) is 0 Å². The molecule has 0 aromatic rings. The Bertz CT molecular complexity index is 477. The van der Waals surface area contributed by atoms with Crippen molar-refractivity contribution in [2.75, 3.05) is 26.7 Å². The first-order valence-corrected chi connectivity index (χ1v) is 11.8. The minimum atomic E-state index is 0.221. The lowest BCUT2D eigenvalue weighted by Crippen LogP contribution is -2.55. The van der Waals surface area contributed by atoms with Gasteiger partial charge in [0.2, 0.25) is 0 Å². The van der Waals surface area contributed by atoms with Crippen molar-refractivity contribution in [3.8, 4) is 0 Å². The molecule has 156 valence electrons. The molecule has 1 aliphatic heterocycles. The second-order valence-electron chi connectivity index (χ2n) is 10.8. The monoisotopic (exact) mass is 376 g/mol. The highest BCUT2D eigenvalue weighted by molar-refractivity contribution is 5.82. The van der Waals surface area contributed by atoms with Gasteiger partial charge in [-0.25, -0.2) is 0 Å². The van der Waals surface area contributed by atoms with Crippen molar-refractivity contribution < 1.29 is 4.79 Å². The van der Waals surface area contributed by atoms with E-state index in [9.17, 15) is 4.79 Å². The Balaban J connectivity index is 1.37. The van der Waals surface area contributed by atoms with Gasteiger partial charge >= 0.3 is 0 Å². The minimum Gasteiger partial charge on any atom is -0.303 e. The van der Waals surface area contributed by atoms with E-state index in [1.807, 2.05) is 0 Å². The Morgan fingerprint density at radius 2 is 1.63 bits per heavy atom. The second kappa shape index (κ2) is 8.95. The molecule has 1 spiro atoms. The third-order valence-corrected chi connectivity index (χ3v) is 8.05. The normalized spacial score (nSPS) is 33.2. The average Bonchev–Trinajstić information content (AvgIpc) is 2.63. The number of piperidine rings is 1. The Morgan fingerprint density at radius 1 is 1.04 bits per heavy atom. The first kappa shape index (κ1) is 21.3. The van der Waals surface area contributed by atoms with Gasteiger partial charge < -0.3 is 9.80 Å². The summed E-state index contributed by atoms with van der Waals surface area (Å²) in [5, 5.41) is 0. The van der Waals surface area contributed by atoms with Gasteiger partial charge in [-0.15, -0.1) is 0 Å². The van der Waals surface area contributed by atoms with Crippen molar-refractivity contribution in [1.29, 1.82) is 0 Å². The van der Waals surface area contributed by atoms with Crippen LogP contribution in [0.1, 0.15) is 85.5 Å². The van der Waals surface area contributed by atoms with Crippen LogP contribution in [0.4, 0.5) is 0 Å². The molecule has 0 radical (unpaired) electrons. The van der Waals surface area contributed by atoms with Crippen LogP contribution >= 0.6 is 0 Å². The highest BCUT2D eigenvalue weighted by Gasteiger charge is 2.49. The van der Waals surface area contributed by atoms with E-state index in [1.165, 1.54) is 64.6 Å². The number of likely N-dealkylation sites (tertiary alicyclic amines) is 1. The second-order valence-corrected chi connectivity index (χ2v) is 10.8. The van der Waals surface area contributed by atoms with Crippen LogP contribution in [0, 0.1) is 23.2 Å². The van der Waals surface area contributed by atoms with Crippen LogP contribution in [0.15, 0.2) is 0 Å². The first-order chi connectivity index (χ1) is 12.8. The van der Waals surface area contributed by atoms with Gasteiger partial charge in [0.1, 0.15) is 5.78 Å². The smallest absolute Gasteiger partial charge is 0.138 e. The fourth-order valence-corrected chi connectivity index (χ4v) is 5.93. The summed E-state index contributed by atoms with van der Waals surface area (Å²) in [5.74, 6) is 1.92. The molecule has 0 N–H and O–H groups in total. The van der Waals surface area contributed by atoms with Crippen molar-refractivity contribution in [3.63, 3.8) is 0 Å². The van der Waals surface area contributed by atoms with Gasteiger partial charge in [0.05, 0.1) is 0 Å². The number of carbonyl (C=O) groups is 1. The van der Waals surface area contributed by atoms with Gasteiger partial charge in [-0.3, -0.25) is 4.79 Å². The lowest BCUT2D eigenvalue weighted by Gasteiger charge is -2.56. The average molecular weight is 377 g/mol. The highest BCUT2D eigenvalue weighted by Crippen LogP contribution is 2.54. The van der Waals surface area contributed by atoms with Gasteiger partial charge in [0.15, 0.2) is 0 Å². The topological polar surface area (TPSA) is 23.6 Å². The summed E-state index contributed by atoms with van der Waals surface area (Å²) >= 11 is 0. The molecular formula is C24H44N2O. The zero-order valence-corrected chi connectivity index (χ0v) is 18.7. The molecule has 0 aromatic carbocycles. The molecule has 3 nitrogen and oxygen atoms in total. The number of ketones is 1. The summed E-state index contributed by atoms with van der Waals surface area (Å²) in [4.78, 5) is 17.7. The van der Waals surface area contributed by atoms with E-state index < -0.39 is 0 Å². The third kappa shape index (κ3) is 5.15. The maximum Gasteiger partial charge on any atom is 0.138 e. The summed E-state index contributed by atoms with van der Waals surface area (Å²) in [6, 6.07) is 1.63. The fraction of sp³-hybridized carbons (Fsp3) is 0.958. The summed E-state index contributed by atoms with van der Waals surface area (Å²) < 4.78 is 0. The molecule has 1 saturated heterocycles. The third-order valence-electron chi connectivity index (χ3n) is 8.05. The predicted octanol–water partition coefficient (Wildman–Crippen LogP) is 4.99. The quantitative estimate of drug-likeness (QED) is 0.625. The van der Waals surface area contributed by atoms with Crippen LogP contribution in [0.3, 0.4) is 0 Å². The van der Waals surface area contributed by atoms with E-state index in [1.54, 1.807) is 0 Å².